The fraction of sp³-hybridized carbons (Fsp3) is 0.176. The van der Waals surface area contributed by atoms with Gasteiger partial charge in [-0.05, 0) is 41.8 Å². The molecule has 0 atom stereocenters. The molecule has 10 heteroatoms. The van der Waals surface area contributed by atoms with Crippen LogP contribution in [0.25, 0.3) is 11.0 Å². The smallest absolute Gasteiger partial charge is 0.277 e. The number of H-pyrrole nitrogens is 1. The maximum Gasteiger partial charge on any atom is 0.277 e. The molecule has 4 N–H and O–H groups in total. The molecule has 140 valence electrons. The summed E-state index contributed by atoms with van der Waals surface area (Å²) >= 11 is 0. The second-order valence-corrected chi connectivity index (χ2v) is 7.84. The van der Waals surface area contributed by atoms with Crippen LogP contribution in [0.15, 0.2) is 41.3 Å². The van der Waals surface area contributed by atoms with Crippen molar-refractivity contribution in [1.29, 1.82) is 0 Å². The second-order valence-electron chi connectivity index (χ2n) is 6.30. The molecule has 0 fully saturated rings. The van der Waals surface area contributed by atoms with Gasteiger partial charge in [0.2, 0.25) is 5.56 Å². The zero-order valence-electron chi connectivity index (χ0n) is 14.1. The Hall–Kier alpha value is -2.82. The molecule has 1 aliphatic rings. The van der Waals surface area contributed by atoms with Gasteiger partial charge >= 0.3 is 0 Å². The van der Waals surface area contributed by atoms with E-state index in [1.54, 1.807) is 18.2 Å². The zero-order valence-corrected chi connectivity index (χ0v) is 14.9. The topological polar surface area (TPSA) is 121 Å². The van der Waals surface area contributed by atoms with E-state index in [0.29, 0.717) is 28.7 Å². The van der Waals surface area contributed by atoms with E-state index in [-0.39, 0.29) is 24.3 Å². The van der Waals surface area contributed by atoms with Crippen LogP contribution in [0.5, 0.6) is 0 Å². The number of hydrogen-bond acceptors (Lipinski definition) is 5. The molecule has 1 aromatic carbocycles. The van der Waals surface area contributed by atoms with Crippen LogP contribution in [0.1, 0.15) is 11.1 Å². The van der Waals surface area contributed by atoms with Crippen molar-refractivity contribution in [2.75, 3.05) is 11.9 Å². The first-order chi connectivity index (χ1) is 12.8. The van der Waals surface area contributed by atoms with Crippen LogP contribution >= 0.6 is 0 Å². The average Bonchev–Trinajstić information content (AvgIpc) is 2.61. The van der Waals surface area contributed by atoms with Crippen molar-refractivity contribution in [3.63, 3.8) is 0 Å². The predicted molar refractivity (Wildman–Crippen MR) is 99.3 cm³/mol. The number of aromatic nitrogens is 2. The lowest BCUT2D eigenvalue weighted by molar-refractivity contribution is 0.391. The number of benzene rings is 1. The Balaban J connectivity index is 1.70. The van der Waals surface area contributed by atoms with Gasteiger partial charge in [-0.25, -0.2) is 14.5 Å². The summed E-state index contributed by atoms with van der Waals surface area (Å²) in [6.45, 7) is 0.293. The molecule has 0 unspecified atom stereocenters. The third kappa shape index (κ3) is 3.42. The summed E-state index contributed by atoms with van der Waals surface area (Å²) in [5.41, 5.74) is 2.42. The largest absolute Gasteiger partial charge is 0.352 e. The first kappa shape index (κ1) is 17.6. The molecule has 8 nitrogen and oxygen atoms in total. The van der Waals surface area contributed by atoms with Crippen LogP contribution in [0.3, 0.4) is 0 Å². The van der Waals surface area contributed by atoms with Crippen molar-refractivity contribution in [3.05, 3.63) is 63.8 Å². The lowest BCUT2D eigenvalue weighted by atomic mass is 10.00. The molecule has 1 aliphatic heterocycles. The van der Waals surface area contributed by atoms with Crippen LogP contribution in [-0.4, -0.2) is 29.2 Å². The number of fused-ring (bicyclic) bond motifs is 2. The molecule has 0 bridgehead atoms. The Bertz CT molecular complexity index is 1210. The van der Waals surface area contributed by atoms with Gasteiger partial charge in [0.25, 0.3) is 10.2 Å². The third-order valence-corrected chi connectivity index (χ3v) is 5.56. The van der Waals surface area contributed by atoms with Crippen molar-refractivity contribution >= 4 is 32.6 Å². The van der Waals surface area contributed by atoms with Crippen molar-refractivity contribution in [2.24, 2.45) is 5.14 Å². The van der Waals surface area contributed by atoms with Crippen LogP contribution in [-0.2, 0) is 23.2 Å². The number of hydrogen-bond donors (Lipinski definition) is 3. The minimum Gasteiger partial charge on any atom is -0.352 e. The fourth-order valence-electron chi connectivity index (χ4n) is 3.18. The monoisotopic (exact) mass is 389 g/mol. The highest BCUT2D eigenvalue weighted by Crippen LogP contribution is 2.30. The first-order valence-electron chi connectivity index (χ1n) is 8.15. The number of nitrogens with zero attached hydrogens (tertiary/aromatic N) is 2. The van der Waals surface area contributed by atoms with E-state index in [0.717, 1.165) is 9.87 Å². The van der Waals surface area contributed by atoms with Gasteiger partial charge in [-0.15, -0.1) is 0 Å². The van der Waals surface area contributed by atoms with E-state index in [9.17, 15) is 17.6 Å². The molecule has 4 rings (SSSR count). The summed E-state index contributed by atoms with van der Waals surface area (Å²) in [5.74, 6) is -0.514. The minimum atomic E-state index is -3.81. The molecule has 27 heavy (non-hydrogen) atoms. The van der Waals surface area contributed by atoms with Gasteiger partial charge in [-0.2, -0.15) is 12.7 Å². The van der Waals surface area contributed by atoms with E-state index in [2.05, 4.69) is 15.3 Å². The molecule has 0 saturated carbocycles. The molecule has 0 amide bonds. The van der Waals surface area contributed by atoms with Crippen LogP contribution in [0, 0.1) is 5.82 Å². The van der Waals surface area contributed by atoms with Crippen LogP contribution < -0.4 is 16.0 Å². The molecule has 0 radical (unpaired) electrons. The quantitative estimate of drug-likeness (QED) is 0.625. The highest BCUT2D eigenvalue weighted by atomic mass is 32.2. The Labute approximate surface area is 154 Å². The van der Waals surface area contributed by atoms with E-state index in [4.69, 9.17) is 5.14 Å². The van der Waals surface area contributed by atoms with Gasteiger partial charge in [0, 0.05) is 30.7 Å². The van der Waals surface area contributed by atoms with Crippen molar-refractivity contribution in [1.82, 2.24) is 14.3 Å². The molecule has 0 aliphatic carbocycles. The van der Waals surface area contributed by atoms with E-state index >= 15 is 0 Å². The predicted octanol–water partition coefficient (Wildman–Crippen LogP) is 1.37. The van der Waals surface area contributed by atoms with E-state index in [1.807, 2.05) is 0 Å². The summed E-state index contributed by atoms with van der Waals surface area (Å²) in [4.78, 5) is 18.2. The van der Waals surface area contributed by atoms with Crippen LogP contribution in [0.4, 0.5) is 15.8 Å². The standard InChI is InChI=1S/C17H16FN5O3S/c18-13-7-11-9-23(27(19,25)26)6-4-10(11)8-15(13)21-14-3-5-20-17-12(14)1-2-16(24)22-17/h1-3,5,7-8H,4,6,9H2,(H2,19,25,26)(H2,20,21,22,24). The van der Waals surface area contributed by atoms with Gasteiger partial charge in [0.15, 0.2) is 0 Å². The van der Waals surface area contributed by atoms with Crippen molar-refractivity contribution in [3.8, 4) is 0 Å². The molecular formula is C17H16FN5O3S. The Morgan fingerprint density at radius 2 is 2.00 bits per heavy atom. The molecule has 0 saturated heterocycles. The van der Waals surface area contributed by atoms with Gasteiger partial charge in [-0.1, -0.05) is 0 Å². The number of aromatic amines is 1. The average molecular weight is 389 g/mol. The van der Waals surface area contributed by atoms with Gasteiger partial charge in [0.05, 0.1) is 11.4 Å². The second kappa shape index (κ2) is 6.41. The maximum absolute atomic E-state index is 14.6. The number of anilines is 2. The first-order valence-corrected chi connectivity index (χ1v) is 9.66. The number of pyridine rings is 2. The highest BCUT2D eigenvalue weighted by molar-refractivity contribution is 7.86. The summed E-state index contributed by atoms with van der Waals surface area (Å²) in [6.07, 6.45) is 1.95. The third-order valence-electron chi connectivity index (χ3n) is 4.53. The lowest BCUT2D eigenvalue weighted by Crippen LogP contribution is -2.40. The fourth-order valence-corrected chi connectivity index (χ4v) is 3.84. The van der Waals surface area contributed by atoms with E-state index in [1.165, 1.54) is 18.3 Å². The van der Waals surface area contributed by atoms with Gasteiger partial charge in [-0.3, -0.25) is 4.79 Å². The molecule has 2 aromatic heterocycles. The molecule has 0 spiro atoms. The van der Waals surface area contributed by atoms with Crippen molar-refractivity contribution < 1.29 is 12.8 Å². The number of nitrogens with two attached hydrogens (primary N) is 1. The molecule has 3 aromatic rings. The molecule has 3 heterocycles. The zero-order chi connectivity index (χ0) is 19.2. The lowest BCUT2D eigenvalue weighted by Gasteiger charge is -2.27. The molecular weight excluding hydrogens is 373 g/mol. The van der Waals surface area contributed by atoms with Gasteiger partial charge in [0.1, 0.15) is 11.5 Å². The Morgan fingerprint density at radius 1 is 1.19 bits per heavy atom. The summed E-state index contributed by atoms with van der Waals surface area (Å²) in [7, 11) is -3.81. The highest BCUT2D eigenvalue weighted by Gasteiger charge is 2.25. The number of rotatable bonds is 3. The Kier molecular flexibility index (Phi) is 4.17. The summed E-state index contributed by atoms with van der Waals surface area (Å²) in [6, 6.07) is 7.66. The normalized spacial score (nSPS) is 14.9. The SMILES string of the molecule is NS(=O)(=O)N1CCc2cc(Nc3ccnc4[nH]c(=O)ccc34)c(F)cc2C1. The number of halogens is 1. The van der Waals surface area contributed by atoms with Crippen molar-refractivity contribution in [2.45, 2.75) is 13.0 Å². The van der Waals surface area contributed by atoms with Crippen LogP contribution in [0.2, 0.25) is 0 Å². The van der Waals surface area contributed by atoms with Gasteiger partial charge < -0.3 is 10.3 Å². The Morgan fingerprint density at radius 3 is 2.78 bits per heavy atom. The summed E-state index contributed by atoms with van der Waals surface area (Å²) in [5, 5.41) is 8.84. The minimum absolute atomic E-state index is 0.0464. The van der Waals surface area contributed by atoms with E-state index < -0.39 is 16.0 Å². The number of nitrogens with one attached hydrogen (secondary N) is 2. The maximum atomic E-state index is 14.6. The summed E-state index contributed by atoms with van der Waals surface area (Å²) < 4.78 is 38.7.